The molecule has 0 aromatic heterocycles. The van der Waals surface area contributed by atoms with E-state index in [1.165, 1.54) is 11.1 Å². The number of nitrogens with zero attached hydrogens (tertiary/aromatic N) is 1. The number of aliphatic hydroxyl groups is 1. The van der Waals surface area contributed by atoms with Crippen molar-refractivity contribution in [3.8, 4) is 11.5 Å². The average molecular weight is 287 g/mol. The molecule has 0 radical (unpaired) electrons. The van der Waals surface area contributed by atoms with Gasteiger partial charge in [-0.2, -0.15) is 0 Å². The van der Waals surface area contributed by atoms with Crippen molar-refractivity contribution in [2.75, 3.05) is 20.7 Å². The highest BCUT2D eigenvalue weighted by molar-refractivity contribution is 5.60. The molecule has 3 aliphatic rings. The molecular formula is C17H21NO3. The van der Waals surface area contributed by atoms with Crippen LogP contribution in [-0.2, 0) is 12.0 Å². The molecule has 0 saturated heterocycles. The third-order valence-corrected chi connectivity index (χ3v) is 5.15. The van der Waals surface area contributed by atoms with Crippen LogP contribution in [0.1, 0.15) is 24.0 Å². The van der Waals surface area contributed by atoms with E-state index >= 15 is 0 Å². The molecule has 0 saturated carbocycles. The number of methoxy groups -OCH3 is 1. The second kappa shape index (κ2) is 4.49. The van der Waals surface area contributed by atoms with Crippen molar-refractivity contribution >= 4 is 0 Å². The van der Waals surface area contributed by atoms with E-state index < -0.39 is 6.10 Å². The van der Waals surface area contributed by atoms with Gasteiger partial charge in [0, 0.05) is 18.5 Å². The standard InChI is InChI=1S/C17H21NO3/c1-18-8-7-17-6-5-12(19)9-14(17)21-16-13(20-2)4-3-11(10-18)15(16)17/h3-6,12,14,19H,7-10H2,1-2H3/t12-,14?,17?/m1/s1. The SMILES string of the molecule is COc1ccc2c3c1OC1C[C@H](O)C=CC31CCN(C)C2. The first-order valence-corrected chi connectivity index (χ1v) is 7.57. The molecule has 2 aliphatic heterocycles. The molecule has 2 heterocycles. The van der Waals surface area contributed by atoms with Crippen LogP contribution >= 0.6 is 0 Å². The summed E-state index contributed by atoms with van der Waals surface area (Å²) in [5.41, 5.74) is 2.48. The van der Waals surface area contributed by atoms with Gasteiger partial charge in [0.2, 0.25) is 0 Å². The zero-order valence-corrected chi connectivity index (χ0v) is 12.5. The van der Waals surface area contributed by atoms with Crippen LogP contribution in [0.2, 0.25) is 0 Å². The topological polar surface area (TPSA) is 41.9 Å². The van der Waals surface area contributed by atoms with Crippen LogP contribution in [0.3, 0.4) is 0 Å². The smallest absolute Gasteiger partial charge is 0.166 e. The van der Waals surface area contributed by atoms with E-state index in [1.807, 2.05) is 12.1 Å². The molecule has 1 aromatic rings. The number of hydrogen-bond acceptors (Lipinski definition) is 4. The van der Waals surface area contributed by atoms with E-state index in [9.17, 15) is 5.11 Å². The molecule has 0 bridgehead atoms. The number of hydrogen-bond donors (Lipinski definition) is 1. The second-order valence-electron chi connectivity index (χ2n) is 6.43. The van der Waals surface area contributed by atoms with Gasteiger partial charge in [-0.05, 0) is 31.6 Å². The number of benzene rings is 1. The van der Waals surface area contributed by atoms with Crippen molar-refractivity contribution in [3.63, 3.8) is 0 Å². The molecular weight excluding hydrogens is 266 g/mol. The van der Waals surface area contributed by atoms with E-state index in [0.717, 1.165) is 31.0 Å². The highest BCUT2D eigenvalue weighted by Gasteiger charge is 2.52. The zero-order chi connectivity index (χ0) is 14.6. The Morgan fingerprint density at radius 3 is 3.10 bits per heavy atom. The summed E-state index contributed by atoms with van der Waals surface area (Å²) >= 11 is 0. The van der Waals surface area contributed by atoms with Gasteiger partial charge in [0.1, 0.15) is 6.10 Å². The van der Waals surface area contributed by atoms with Gasteiger partial charge in [-0.3, -0.25) is 0 Å². The van der Waals surface area contributed by atoms with Crippen molar-refractivity contribution in [1.82, 2.24) is 4.90 Å². The maximum Gasteiger partial charge on any atom is 0.166 e. The molecule has 1 spiro atoms. The molecule has 2 unspecified atom stereocenters. The maximum absolute atomic E-state index is 9.97. The van der Waals surface area contributed by atoms with Gasteiger partial charge in [-0.25, -0.2) is 0 Å². The lowest BCUT2D eigenvalue weighted by atomic mass is 9.69. The monoisotopic (exact) mass is 287 g/mol. The van der Waals surface area contributed by atoms with Crippen molar-refractivity contribution < 1.29 is 14.6 Å². The zero-order valence-electron chi connectivity index (χ0n) is 12.5. The second-order valence-corrected chi connectivity index (χ2v) is 6.43. The summed E-state index contributed by atoms with van der Waals surface area (Å²) in [6.07, 6.45) is 5.38. The van der Waals surface area contributed by atoms with E-state index in [2.05, 4.69) is 24.1 Å². The van der Waals surface area contributed by atoms with Gasteiger partial charge in [0.15, 0.2) is 11.5 Å². The molecule has 21 heavy (non-hydrogen) atoms. The van der Waals surface area contributed by atoms with Crippen LogP contribution in [0.5, 0.6) is 11.5 Å². The Labute approximate surface area is 125 Å². The van der Waals surface area contributed by atoms with Crippen LogP contribution < -0.4 is 9.47 Å². The normalized spacial score (nSPS) is 33.9. The van der Waals surface area contributed by atoms with Crippen LogP contribution in [0.4, 0.5) is 0 Å². The lowest BCUT2D eigenvalue weighted by Gasteiger charge is -2.35. The van der Waals surface area contributed by atoms with Crippen LogP contribution in [0.25, 0.3) is 0 Å². The summed E-state index contributed by atoms with van der Waals surface area (Å²) in [6, 6.07) is 4.16. The first-order chi connectivity index (χ1) is 10.1. The Morgan fingerprint density at radius 1 is 1.43 bits per heavy atom. The summed E-state index contributed by atoms with van der Waals surface area (Å²) in [7, 11) is 3.84. The van der Waals surface area contributed by atoms with Gasteiger partial charge in [-0.15, -0.1) is 0 Å². The van der Waals surface area contributed by atoms with Crippen LogP contribution in [0.15, 0.2) is 24.3 Å². The van der Waals surface area contributed by atoms with Crippen LogP contribution in [0, 0.1) is 0 Å². The van der Waals surface area contributed by atoms with Gasteiger partial charge in [0.05, 0.1) is 18.6 Å². The van der Waals surface area contributed by atoms with Gasteiger partial charge < -0.3 is 19.5 Å². The number of rotatable bonds is 1. The quantitative estimate of drug-likeness (QED) is 0.801. The molecule has 1 aromatic carbocycles. The highest BCUT2D eigenvalue weighted by atomic mass is 16.5. The molecule has 0 amide bonds. The Balaban J connectivity index is 1.95. The first-order valence-electron chi connectivity index (χ1n) is 7.57. The molecule has 4 rings (SSSR count). The summed E-state index contributed by atoms with van der Waals surface area (Å²) < 4.78 is 11.8. The fourth-order valence-electron chi connectivity index (χ4n) is 4.08. The molecule has 4 heteroatoms. The summed E-state index contributed by atoms with van der Waals surface area (Å²) in [5.74, 6) is 1.68. The van der Waals surface area contributed by atoms with Crippen molar-refractivity contribution in [2.45, 2.75) is 37.0 Å². The highest BCUT2D eigenvalue weighted by Crippen LogP contribution is 2.55. The molecule has 1 N–H and O–H groups in total. The van der Waals surface area contributed by atoms with E-state index in [-0.39, 0.29) is 11.5 Å². The minimum absolute atomic E-state index is 0.00838. The van der Waals surface area contributed by atoms with E-state index in [1.54, 1.807) is 7.11 Å². The lowest BCUT2D eigenvalue weighted by molar-refractivity contribution is 0.0821. The predicted octanol–water partition coefficient (Wildman–Crippen LogP) is 1.85. The molecule has 4 nitrogen and oxygen atoms in total. The fraction of sp³-hybridized carbons (Fsp3) is 0.529. The molecule has 1 aliphatic carbocycles. The van der Waals surface area contributed by atoms with Gasteiger partial charge in [-0.1, -0.05) is 18.2 Å². The fourth-order valence-corrected chi connectivity index (χ4v) is 4.08. The third kappa shape index (κ3) is 1.75. The minimum atomic E-state index is -0.412. The summed E-state index contributed by atoms with van der Waals surface area (Å²) in [4.78, 5) is 2.35. The third-order valence-electron chi connectivity index (χ3n) is 5.15. The van der Waals surface area contributed by atoms with Crippen molar-refractivity contribution in [2.24, 2.45) is 0 Å². The Hall–Kier alpha value is -1.52. The van der Waals surface area contributed by atoms with Crippen molar-refractivity contribution in [3.05, 3.63) is 35.4 Å². The van der Waals surface area contributed by atoms with Crippen molar-refractivity contribution in [1.29, 1.82) is 0 Å². The molecule has 3 atom stereocenters. The molecule has 112 valence electrons. The number of ether oxygens (including phenoxy) is 2. The van der Waals surface area contributed by atoms with Gasteiger partial charge in [0.25, 0.3) is 0 Å². The molecule has 0 fully saturated rings. The first kappa shape index (κ1) is 13.2. The van der Waals surface area contributed by atoms with E-state index in [0.29, 0.717) is 6.42 Å². The summed E-state index contributed by atoms with van der Waals surface area (Å²) in [5, 5.41) is 9.97. The Kier molecular flexibility index (Phi) is 2.81. The summed E-state index contributed by atoms with van der Waals surface area (Å²) in [6.45, 7) is 1.96. The van der Waals surface area contributed by atoms with E-state index in [4.69, 9.17) is 9.47 Å². The van der Waals surface area contributed by atoms with Gasteiger partial charge >= 0.3 is 0 Å². The lowest BCUT2D eigenvalue weighted by Crippen LogP contribution is -2.42. The van der Waals surface area contributed by atoms with Crippen LogP contribution in [-0.4, -0.2) is 42.9 Å². The maximum atomic E-state index is 9.97. The predicted molar refractivity (Wildman–Crippen MR) is 79.8 cm³/mol. The Morgan fingerprint density at radius 2 is 2.29 bits per heavy atom. The minimum Gasteiger partial charge on any atom is -0.493 e. The average Bonchev–Trinajstić information content (AvgIpc) is 2.72. The number of aliphatic hydroxyl groups excluding tert-OH is 1. The largest absolute Gasteiger partial charge is 0.493 e. The Bertz CT molecular complexity index is 612.